The molecule has 0 saturated heterocycles. The van der Waals surface area contributed by atoms with E-state index in [0.29, 0.717) is 0 Å². The Morgan fingerprint density at radius 1 is 1.83 bits per heavy atom. The first-order valence-electron chi connectivity index (χ1n) is 1.69. The lowest BCUT2D eigenvalue weighted by molar-refractivity contribution is 0.238. The highest BCUT2D eigenvalue weighted by Crippen LogP contribution is 1.93. The number of aliphatic hydroxyl groups is 1. The molecule has 0 aliphatic heterocycles. The monoisotopic (exact) mass is 110 g/mol. The minimum absolute atomic E-state index is 0.128. The number of halogens is 1. The molecule has 0 aliphatic rings. The van der Waals surface area contributed by atoms with E-state index >= 15 is 0 Å². The van der Waals surface area contributed by atoms with Gasteiger partial charge in [0.05, 0.1) is 12.1 Å². The van der Waals surface area contributed by atoms with Gasteiger partial charge in [0.15, 0.2) is 0 Å². The predicted molar refractivity (Wildman–Crippen MR) is 25.6 cm³/mol. The molecule has 0 heterocycles. The van der Waals surface area contributed by atoms with Crippen molar-refractivity contribution >= 4 is 12.6 Å². The fourth-order valence-electron chi connectivity index (χ4n) is 0.0976. The third kappa shape index (κ3) is 4.24. The molecule has 0 amide bonds. The van der Waals surface area contributed by atoms with Crippen LogP contribution in [0.1, 0.15) is 6.42 Å². The van der Waals surface area contributed by atoms with Gasteiger partial charge in [-0.2, -0.15) is 0 Å². The largest absolute Gasteiger partial charge is 0.383 e. The molecule has 0 saturated carbocycles. The zero-order chi connectivity index (χ0) is 4.99. The van der Waals surface area contributed by atoms with E-state index in [-0.39, 0.29) is 6.42 Å². The van der Waals surface area contributed by atoms with Crippen molar-refractivity contribution in [3.05, 3.63) is 0 Å². The fourth-order valence-corrected chi connectivity index (χ4v) is 0.195. The standard InChI is InChI=1S/C3H7FOS/c4-2-1-3(5)6/h3,5-6H,1-2H2. The second-order valence-corrected chi connectivity index (χ2v) is 1.55. The molecular weight excluding hydrogens is 103 g/mol. The summed E-state index contributed by atoms with van der Waals surface area (Å²) in [4.78, 5) is 0. The molecule has 0 spiro atoms. The van der Waals surface area contributed by atoms with Crippen LogP contribution in [0.4, 0.5) is 4.39 Å². The van der Waals surface area contributed by atoms with Gasteiger partial charge in [-0.05, 0) is 0 Å². The first kappa shape index (κ1) is 6.24. The van der Waals surface area contributed by atoms with Gasteiger partial charge in [-0.15, -0.1) is 12.6 Å². The van der Waals surface area contributed by atoms with Crippen molar-refractivity contribution < 1.29 is 9.50 Å². The molecule has 1 unspecified atom stereocenters. The highest BCUT2D eigenvalue weighted by Gasteiger charge is 1.90. The van der Waals surface area contributed by atoms with Gasteiger partial charge in [0.25, 0.3) is 0 Å². The van der Waals surface area contributed by atoms with E-state index in [1.54, 1.807) is 0 Å². The minimum Gasteiger partial charge on any atom is -0.383 e. The smallest absolute Gasteiger partial charge is 0.0989 e. The molecule has 1 N–H and O–H groups in total. The van der Waals surface area contributed by atoms with Crippen LogP contribution in [-0.2, 0) is 0 Å². The lowest BCUT2D eigenvalue weighted by Crippen LogP contribution is -1.94. The van der Waals surface area contributed by atoms with E-state index in [1.165, 1.54) is 0 Å². The van der Waals surface area contributed by atoms with Gasteiger partial charge in [0, 0.05) is 6.42 Å². The van der Waals surface area contributed by atoms with Crippen LogP contribution >= 0.6 is 12.6 Å². The molecular formula is C3H7FOS. The van der Waals surface area contributed by atoms with Crippen LogP contribution in [0.5, 0.6) is 0 Å². The Hall–Kier alpha value is 0.240. The van der Waals surface area contributed by atoms with Crippen LogP contribution in [0.15, 0.2) is 0 Å². The predicted octanol–water partition coefficient (Wildman–Crippen LogP) is 0.594. The zero-order valence-electron chi connectivity index (χ0n) is 3.26. The van der Waals surface area contributed by atoms with E-state index < -0.39 is 12.1 Å². The van der Waals surface area contributed by atoms with E-state index in [1.807, 2.05) is 0 Å². The van der Waals surface area contributed by atoms with Crippen LogP contribution in [-0.4, -0.2) is 17.2 Å². The molecule has 0 rings (SSSR count). The third-order valence-electron chi connectivity index (χ3n) is 0.367. The second-order valence-electron chi connectivity index (χ2n) is 0.958. The average Bonchev–Trinajstić information content (AvgIpc) is 1.35. The molecule has 38 valence electrons. The summed E-state index contributed by atoms with van der Waals surface area (Å²) in [5.74, 6) is 0. The van der Waals surface area contributed by atoms with Crippen LogP contribution in [0, 0.1) is 0 Å². The summed E-state index contributed by atoms with van der Waals surface area (Å²) in [7, 11) is 0. The maximum atomic E-state index is 11.0. The topological polar surface area (TPSA) is 20.2 Å². The Labute approximate surface area is 41.6 Å². The van der Waals surface area contributed by atoms with Gasteiger partial charge in [0.2, 0.25) is 0 Å². The maximum Gasteiger partial charge on any atom is 0.0989 e. The van der Waals surface area contributed by atoms with E-state index in [9.17, 15) is 4.39 Å². The molecule has 0 aromatic rings. The summed E-state index contributed by atoms with van der Waals surface area (Å²) >= 11 is 3.49. The van der Waals surface area contributed by atoms with Crippen molar-refractivity contribution in [2.45, 2.75) is 11.9 Å². The summed E-state index contributed by atoms with van der Waals surface area (Å²) in [5, 5.41) is 8.18. The molecule has 3 heteroatoms. The molecule has 0 aromatic carbocycles. The number of thiol groups is 1. The Morgan fingerprint density at radius 2 is 2.33 bits per heavy atom. The summed E-state index contributed by atoms with van der Waals surface area (Å²) in [6.45, 7) is -0.495. The summed E-state index contributed by atoms with van der Waals surface area (Å²) in [6, 6.07) is 0. The van der Waals surface area contributed by atoms with Crippen molar-refractivity contribution in [2.24, 2.45) is 0 Å². The van der Waals surface area contributed by atoms with E-state index in [2.05, 4.69) is 12.6 Å². The number of alkyl halides is 1. The van der Waals surface area contributed by atoms with Crippen molar-refractivity contribution in [1.82, 2.24) is 0 Å². The van der Waals surface area contributed by atoms with Crippen molar-refractivity contribution in [1.29, 1.82) is 0 Å². The summed E-state index contributed by atoms with van der Waals surface area (Å²) < 4.78 is 11.0. The normalized spacial score (nSPS) is 14.5. The Bertz CT molecular complexity index is 32.0. The second kappa shape index (κ2) is 3.43. The molecule has 0 fully saturated rings. The number of rotatable bonds is 2. The molecule has 0 aliphatic carbocycles. The quantitative estimate of drug-likeness (QED) is 0.394. The fraction of sp³-hybridized carbons (Fsp3) is 1.00. The van der Waals surface area contributed by atoms with Crippen molar-refractivity contribution in [3.63, 3.8) is 0 Å². The van der Waals surface area contributed by atoms with Crippen LogP contribution in [0.3, 0.4) is 0 Å². The molecule has 0 aromatic heterocycles. The van der Waals surface area contributed by atoms with E-state index in [0.717, 1.165) is 0 Å². The van der Waals surface area contributed by atoms with Gasteiger partial charge < -0.3 is 5.11 Å². The van der Waals surface area contributed by atoms with Gasteiger partial charge in [0.1, 0.15) is 0 Å². The third-order valence-corrected chi connectivity index (χ3v) is 0.626. The summed E-state index contributed by atoms with van der Waals surface area (Å²) in [6.07, 6.45) is 0.128. The molecule has 0 radical (unpaired) electrons. The number of hydrogen-bond donors (Lipinski definition) is 2. The number of hydrogen-bond acceptors (Lipinski definition) is 2. The lowest BCUT2D eigenvalue weighted by atomic mass is 10.5. The van der Waals surface area contributed by atoms with Gasteiger partial charge in [-0.25, -0.2) is 0 Å². The zero-order valence-corrected chi connectivity index (χ0v) is 4.16. The molecule has 1 nitrogen and oxygen atoms in total. The lowest BCUT2D eigenvalue weighted by Gasteiger charge is -1.92. The van der Waals surface area contributed by atoms with Gasteiger partial charge >= 0.3 is 0 Å². The first-order chi connectivity index (χ1) is 2.77. The van der Waals surface area contributed by atoms with Crippen LogP contribution in [0.2, 0.25) is 0 Å². The maximum absolute atomic E-state index is 11.0. The highest BCUT2D eigenvalue weighted by atomic mass is 32.1. The van der Waals surface area contributed by atoms with Crippen LogP contribution < -0.4 is 0 Å². The Kier molecular flexibility index (Phi) is 3.57. The molecule has 6 heavy (non-hydrogen) atoms. The Morgan fingerprint density at radius 3 is 2.33 bits per heavy atom. The average molecular weight is 110 g/mol. The van der Waals surface area contributed by atoms with E-state index in [4.69, 9.17) is 5.11 Å². The SMILES string of the molecule is OC(S)CCF. The molecule has 0 bridgehead atoms. The van der Waals surface area contributed by atoms with Gasteiger partial charge in [-0.3, -0.25) is 4.39 Å². The van der Waals surface area contributed by atoms with Crippen LogP contribution in [0.25, 0.3) is 0 Å². The molecule has 1 atom stereocenters. The first-order valence-corrected chi connectivity index (χ1v) is 2.21. The van der Waals surface area contributed by atoms with Gasteiger partial charge in [-0.1, -0.05) is 0 Å². The highest BCUT2D eigenvalue weighted by molar-refractivity contribution is 7.80. The Balaban J connectivity index is 2.63. The van der Waals surface area contributed by atoms with Crippen molar-refractivity contribution in [3.8, 4) is 0 Å². The number of aliphatic hydroxyl groups excluding tert-OH is 1. The minimum atomic E-state index is -0.782. The van der Waals surface area contributed by atoms with Crippen molar-refractivity contribution in [2.75, 3.05) is 6.67 Å². The summed E-state index contributed by atoms with van der Waals surface area (Å²) in [5.41, 5.74) is -0.782.